The van der Waals surface area contributed by atoms with Gasteiger partial charge in [-0.3, -0.25) is 4.90 Å². The van der Waals surface area contributed by atoms with Crippen LogP contribution in [-0.4, -0.2) is 35.7 Å². The number of fused-ring (bicyclic) bond motifs is 2. The molecule has 2 nitrogen and oxygen atoms in total. The van der Waals surface area contributed by atoms with Gasteiger partial charge in [-0.15, -0.1) is 0 Å². The van der Waals surface area contributed by atoms with E-state index < -0.39 is 0 Å². The largest absolute Gasteiger partial charge is 0.391 e. The summed E-state index contributed by atoms with van der Waals surface area (Å²) in [5.41, 5.74) is 3.91. The summed E-state index contributed by atoms with van der Waals surface area (Å²) in [5, 5.41) is 10.0. The third-order valence-electron chi connectivity index (χ3n) is 3.68. The Hall–Kier alpha value is -1.12. The Balaban J connectivity index is 1.98. The number of aliphatic hydroxyl groups excluding tert-OH is 1. The van der Waals surface area contributed by atoms with Crippen LogP contribution in [0.2, 0.25) is 0 Å². The van der Waals surface area contributed by atoms with E-state index in [4.69, 9.17) is 0 Å². The minimum atomic E-state index is -0.186. The quantitative estimate of drug-likeness (QED) is 0.770. The van der Waals surface area contributed by atoms with Crippen LogP contribution >= 0.6 is 0 Å². The molecular weight excluding hydrogens is 198 g/mol. The summed E-state index contributed by atoms with van der Waals surface area (Å²) in [6.07, 6.45) is 2.09. The zero-order chi connectivity index (χ0) is 11.1. The first kappa shape index (κ1) is 10.1. The third-order valence-corrected chi connectivity index (χ3v) is 3.68. The molecule has 1 aromatic carbocycles. The van der Waals surface area contributed by atoms with Gasteiger partial charge in [-0.1, -0.05) is 35.9 Å². The number of rotatable bonds is 1. The minimum absolute atomic E-state index is 0.186. The molecule has 1 unspecified atom stereocenters. The topological polar surface area (TPSA) is 23.5 Å². The van der Waals surface area contributed by atoms with E-state index in [-0.39, 0.29) is 6.10 Å². The summed E-state index contributed by atoms with van der Waals surface area (Å²) in [6.45, 7) is 4.94. The van der Waals surface area contributed by atoms with Crippen LogP contribution in [0.5, 0.6) is 0 Å². The second kappa shape index (κ2) is 3.72. The number of aryl methyl sites for hydroxylation is 1. The van der Waals surface area contributed by atoms with Crippen molar-refractivity contribution in [1.82, 2.24) is 4.90 Å². The molecular formula is C14H17NO. The number of aliphatic hydroxyl groups is 1. The number of nitrogens with zero attached hydrogens (tertiary/aromatic N) is 1. The molecule has 2 aliphatic rings. The van der Waals surface area contributed by atoms with Crippen molar-refractivity contribution in [1.29, 1.82) is 0 Å². The lowest BCUT2D eigenvalue weighted by Gasteiger charge is -2.23. The van der Waals surface area contributed by atoms with Crippen LogP contribution in [-0.2, 0) is 0 Å². The van der Waals surface area contributed by atoms with E-state index in [2.05, 4.69) is 42.2 Å². The Kier molecular flexibility index (Phi) is 2.34. The van der Waals surface area contributed by atoms with Crippen LogP contribution in [0.25, 0.3) is 5.57 Å². The van der Waals surface area contributed by atoms with Crippen LogP contribution in [0.1, 0.15) is 11.1 Å². The molecule has 0 amide bonds. The third kappa shape index (κ3) is 1.58. The monoisotopic (exact) mass is 215 g/mol. The maximum Gasteiger partial charge on any atom is 0.0748 e. The van der Waals surface area contributed by atoms with Gasteiger partial charge in [0.2, 0.25) is 0 Å². The van der Waals surface area contributed by atoms with Gasteiger partial charge in [-0.25, -0.2) is 0 Å². The molecule has 16 heavy (non-hydrogen) atoms. The Morgan fingerprint density at radius 3 is 3.00 bits per heavy atom. The molecule has 0 spiro atoms. The van der Waals surface area contributed by atoms with Crippen molar-refractivity contribution < 1.29 is 5.11 Å². The summed E-state index contributed by atoms with van der Waals surface area (Å²) in [6, 6.07) is 8.58. The average molecular weight is 215 g/mol. The predicted octanol–water partition coefficient (Wildman–Crippen LogP) is 1.68. The summed E-state index contributed by atoms with van der Waals surface area (Å²) >= 11 is 0. The zero-order valence-electron chi connectivity index (χ0n) is 9.56. The molecule has 1 aromatic rings. The number of hydrogen-bond acceptors (Lipinski definition) is 2. The van der Waals surface area contributed by atoms with E-state index in [1.54, 1.807) is 0 Å². The molecule has 1 fully saturated rings. The van der Waals surface area contributed by atoms with E-state index in [1.807, 2.05) is 0 Å². The second-order valence-electron chi connectivity index (χ2n) is 4.92. The van der Waals surface area contributed by atoms with Crippen LogP contribution in [0.15, 0.2) is 30.3 Å². The van der Waals surface area contributed by atoms with E-state index >= 15 is 0 Å². The second-order valence-corrected chi connectivity index (χ2v) is 4.92. The molecule has 0 aromatic heterocycles. The molecule has 84 valence electrons. The predicted molar refractivity (Wildman–Crippen MR) is 65.1 cm³/mol. The van der Waals surface area contributed by atoms with Crippen molar-refractivity contribution in [3.05, 3.63) is 41.5 Å². The minimum Gasteiger partial charge on any atom is -0.391 e. The molecule has 2 heteroatoms. The molecule has 2 aliphatic heterocycles. The highest BCUT2D eigenvalue weighted by molar-refractivity contribution is 5.70. The summed E-state index contributed by atoms with van der Waals surface area (Å²) in [4.78, 5) is 2.31. The lowest BCUT2D eigenvalue weighted by molar-refractivity contribution is 0.164. The highest BCUT2D eigenvalue weighted by Gasteiger charge is 2.36. The van der Waals surface area contributed by atoms with Crippen LogP contribution in [0.4, 0.5) is 0 Å². The molecule has 2 bridgehead atoms. The van der Waals surface area contributed by atoms with E-state index in [1.165, 1.54) is 16.7 Å². The molecule has 1 saturated heterocycles. The Morgan fingerprint density at radius 1 is 1.31 bits per heavy atom. The van der Waals surface area contributed by atoms with Crippen molar-refractivity contribution in [2.45, 2.75) is 13.0 Å². The number of benzene rings is 1. The van der Waals surface area contributed by atoms with Gasteiger partial charge in [-0.05, 0) is 18.1 Å². The fourth-order valence-electron chi connectivity index (χ4n) is 2.86. The van der Waals surface area contributed by atoms with Gasteiger partial charge in [0.1, 0.15) is 0 Å². The van der Waals surface area contributed by atoms with Gasteiger partial charge in [0.25, 0.3) is 0 Å². The van der Waals surface area contributed by atoms with Crippen LogP contribution < -0.4 is 0 Å². The van der Waals surface area contributed by atoms with Gasteiger partial charge in [0.15, 0.2) is 0 Å². The van der Waals surface area contributed by atoms with E-state index in [0.717, 1.165) is 19.6 Å². The summed E-state index contributed by atoms with van der Waals surface area (Å²) in [7, 11) is 0. The smallest absolute Gasteiger partial charge is 0.0748 e. The van der Waals surface area contributed by atoms with Crippen molar-refractivity contribution in [3.8, 4) is 0 Å². The van der Waals surface area contributed by atoms with Gasteiger partial charge >= 0.3 is 0 Å². The molecule has 1 N–H and O–H groups in total. The fraction of sp³-hybridized carbons (Fsp3) is 0.429. The Morgan fingerprint density at radius 2 is 2.19 bits per heavy atom. The molecule has 3 rings (SSSR count). The Bertz CT molecular complexity index is 438. The standard InChI is InChI=1S/C14H17NO/c1-10-3-2-4-11(7-10)12-5-6-15-8-13(12)14(16)9-15/h2-5,7,13-14,16H,6,8-9H2,1H3/t13-,14-/m1/s1. The molecule has 0 aliphatic carbocycles. The van der Waals surface area contributed by atoms with Crippen LogP contribution in [0.3, 0.4) is 0 Å². The van der Waals surface area contributed by atoms with E-state index in [9.17, 15) is 5.11 Å². The average Bonchev–Trinajstić information content (AvgIpc) is 2.55. The van der Waals surface area contributed by atoms with Gasteiger partial charge in [-0.2, -0.15) is 0 Å². The summed E-state index contributed by atoms with van der Waals surface area (Å²) < 4.78 is 0. The summed E-state index contributed by atoms with van der Waals surface area (Å²) in [5.74, 6) is 0.315. The van der Waals surface area contributed by atoms with Crippen molar-refractivity contribution in [3.63, 3.8) is 0 Å². The van der Waals surface area contributed by atoms with E-state index in [0.29, 0.717) is 5.92 Å². The molecule has 0 radical (unpaired) electrons. The molecule has 0 saturated carbocycles. The highest BCUT2D eigenvalue weighted by atomic mass is 16.3. The number of hydrogen-bond donors (Lipinski definition) is 1. The molecule has 2 heterocycles. The maximum absolute atomic E-state index is 10.0. The fourth-order valence-corrected chi connectivity index (χ4v) is 2.86. The van der Waals surface area contributed by atoms with Gasteiger partial charge in [0, 0.05) is 25.6 Å². The zero-order valence-corrected chi connectivity index (χ0v) is 9.56. The first-order valence-corrected chi connectivity index (χ1v) is 5.91. The lowest BCUT2D eigenvalue weighted by Crippen LogP contribution is -2.25. The van der Waals surface area contributed by atoms with Gasteiger partial charge < -0.3 is 5.11 Å². The van der Waals surface area contributed by atoms with Crippen LogP contribution in [0, 0.1) is 12.8 Å². The van der Waals surface area contributed by atoms with Crippen molar-refractivity contribution in [2.24, 2.45) is 5.92 Å². The first-order chi connectivity index (χ1) is 7.74. The SMILES string of the molecule is Cc1cccc(C2=CCN3C[C@@H](O)[C@@H]2C3)c1. The maximum atomic E-state index is 10.0. The normalized spacial score (nSPS) is 32.6. The Labute approximate surface area is 96.2 Å². The molecule has 3 atom stereocenters. The van der Waals surface area contributed by atoms with Crippen molar-refractivity contribution in [2.75, 3.05) is 19.6 Å². The van der Waals surface area contributed by atoms with Gasteiger partial charge in [0.05, 0.1) is 6.10 Å². The highest BCUT2D eigenvalue weighted by Crippen LogP contribution is 2.35. The van der Waals surface area contributed by atoms with Crippen molar-refractivity contribution >= 4 is 5.57 Å². The first-order valence-electron chi connectivity index (χ1n) is 5.91. The lowest BCUT2D eigenvalue weighted by atomic mass is 9.88.